The van der Waals surface area contributed by atoms with Gasteiger partial charge < -0.3 is 13.9 Å². The maximum atomic E-state index is 6.11. The third-order valence-corrected chi connectivity index (χ3v) is 7.12. The van der Waals surface area contributed by atoms with Crippen LogP contribution in [0.3, 0.4) is 0 Å². The van der Waals surface area contributed by atoms with Gasteiger partial charge in [0.15, 0.2) is 10.2 Å². The van der Waals surface area contributed by atoms with Gasteiger partial charge in [-0.3, -0.25) is 4.90 Å². The first-order valence-corrected chi connectivity index (χ1v) is 11.5. The summed E-state index contributed by atoms with van der Waals surface area (Å²) < 4.78 is 8.02. The highest BCUT2D eigenvalue weighted by molar-refractivity contribution is 7.99. The van der Waals surface area contributed by atoms with Gasteiger partial charge in [-0.05, 0) is 81.0 Å². The number of nitrogens with zero attached hydrogens (tertiary/aromatic N) is 5. The molecule has 0 saturated carbocycles. The Morgan fingerprint density at radius 1 is 1.25 bits per heavy atom. The zero-order valence-corrected chi connectivity index (χ0v) is 18.2. The highest BCUT2D eigenvalue weighted by atomic mass is 32.2. The second-order valence-electron chi connectivity index (χ2n) is 8.76. The largest absolute Gasteiger partial charge is 0.453 e. The van der Waals surface area contributed by atoms with Crippen LogP contribution in [0.25, 0.3) is 0 Å². The van der Waals surface area contributed by atoms with E-state index in [0.29, 0.717) is 6.04 Å². The summed E-state index contributed by atoms with van der Waals surface area (Å²) >= 11 is 1.53. The topological polar surface area (TPSA) is 50.3 Å². The molecule has 0 bridgehead atoms. The quantitative estimate of drug-likeness (QED) is 0.699. The van der Waals surface area contributed by atoms with Crippen LogP contribution < -0.4 is 0 Å². The molecule has 4 rings (SSSR count). The van der Waals surface area contributed by atoms with Crippen molar-refractivity contribution in [2.45, 2.75) is 62.4 Å². The van der Waals surface area contributed by atoms with Crippen LogP contribution in [-0.4, -0.2) is 56.8 Å². The normalized spacial score (nSPS) is 24.0. The predicted octanol–water partition coefficient (Wildman–Crippen LogP) is 3.89. The van der Waals surface area contributed by atoms with E-state index in [1.54, 1.807) is 6.33 Å². The van der Waals surface area contributed by atoms with E-state index in [1.807, 2.05) is 11.6 Å². The Balaban J connectivity index is 1.33. The Bertz CT molecular complexity index is 758. The van der Waals surface area contributed by atoms with Crippen LogP contribution in [0.4, 0.5) is 0 Å². The van der Waals surface area contributed by atoms with Gasteiger partial charge in [0, 0.05) is 19.6 Å². The van der Waals surface area contributed by atoms with E-state index < -0.39 is 0 Å². The highest BCUT2D eigenvalue weighted by Crippen LogP contribution is 2.33. The minimum atomic E-state index is 0.712. The van der Waals surface area contributed by atoms with Crippen molar-refractivity contribution in [3.63, 3.8) is 0 Å². The van der Waals surface area contributed by atoms with E-state index >= 15 is 0 Å². The molecule has 6 nitrogen and oxygen atoms in total. The van der Waals surface area contributed by atoms with E-state index in [1.165, 1.54) is 63.6 Å². The minimum absolute atomic E-state index is 0.712. The molecule has 0 radical (unpaired) electrons. The number of rotatable bonds is 7. The molecule has 154 valence electrons. The van der Waals surface area contributed by atoms with Crippen LogP contribution in [0.15, 0.2) is 33.1 Å². The van der Waals surface area contributed by atoms with Crippen LogP contribution in [0.2, 0.25) is 0 Å². The second-order valence-corrected chi connectivity index (χ2v) is 9.73. The lowest BCUT2D eigenvalue weighted by Gasteiger charge is -2.47. The summed E-state index contributed by atoms with van der Waals surface area (Å²) in [6, 6.07) is 4.90. The molecule has 0 aromatic carbocycles. The fourth-order valence-corrected chi connectivity index (χ4v) is 5.32. The fourth-order valence-electron chi connectivity index (χ4n) is 4.58. The number of furan rings is 1. The molecule has 0 N–H and O–H groups in total. The molecule has 0 spiro atoms. The number of hydrogen-bond donors (Lipinski definition) is 0. The van der Waals surface area contributed by atoms with E-state index in [-0.39, 0.29) is 0 Å². The van der Waals surface area contributed by atoms with Gasteiger partial charge in [0.25, 0.3) is 0 Å². The molecule has 0 unspecified atom stereocenters. The van der Waals surface area contributed by atoms with Crippen LogP contribution in [0, 0.1) is 11.8 Å². The van der Waals surface area contributed by atoms with Gasteiger partial charge >= 0.3 is 0 Å². The van der Waals surface area contributed by atoms with Gasteiger partial charge in [-0.25, -0.2) is 0 Å². The Morgan fingerprint density at radius 2 is 2.14 bits per heavy atom. The van der Waals surface area contributed by atoms with Crippen LogP contribution in [-0.2, 0) is 13.6 Å². The van der Waals surface area contributed by atoms with Crippen molar-refractivity contribution < 1.29 is 4.42 Å². The molecule has 2 aliphatic heterocycles. The zero-order chi connectivity index (χ0) is 19.5. The Hall–Kier alpha value is -1.31. The second kappa shape index (κ2) is 9.01. The van der Waals surface area contributed by atoms with Crippen molar-refractivity contribution in [2.24, 2.45) is 18.9 Å². The predicted molar refractivity (Wildman–Crippen MR) is 111 cm³/mol. The number of hydrogen-bond acceptors (Lipinski definition) is 6. The third-order valence-electron chi connectivity index (χ3n) is 6.15. The molecule has 2 atom stereocenters. The van der Waals surface area contributed by atoms with Crippen LogP contribution in [0.5, 0.6) is 0 Å². The molecule has 28 heavy (non-hydrogen) atoms. The van der Waals surface area contributed by atoms with Crippen molar-refractivity contribution in [3.8, 4) is 0 Å². The molecular formula is C21H33N5OS. The summed E-state index contributed by atoms with van der Waals surface area (Å²) in [6.45, 7) is 10.6. The van der Waals surface area contributed by atoms with Gasteiger partial charge in [-0.15, -0.1) is 10.2 Å². The SMILES string of the molecule is CC(C)CCN1CC[C@@H]2[C@H](CCCN2Cc2ccc(Sc3nncn3C)o2)C1. The monoisotopic (exact) mass is 403 g/mol. The summed E-state index contributed by atoms with van der Waals surface area (Å²) in [4.78, 5) is 5.37. The lowest BCUT2D eigenvalue weighted by atomic mass is 9.83. The maximum absolute atomic E-state index is 6.11. The number of likely N-dealkylation sites (tertiary alicyclic amines) is 2. The minimum Gasteiger partial charge on any atom is -0.453 e. The average Bonchev–Trinajstić information content (AvgIpc) is 3.29. The first-order chi connectivity index (χ1) is 13.6. The molecule has 2 saturated heterocycles. The summed E-state index contributed by atoms with van der Waals surface area (Å²) in [7, 11) is 1.95. The standard InChI is InChI=1S/C21H33N5OS/c1-16(2)8-11-25-12-9-19-17(13-25)5-4-10-26(19)14-18-6-7-20(27-18)28-21-23-22-15-24(21)3/h6-7,15-17,19H,4-5,8-14H2,1-3H3/t17-,19-/m1/s1. The highest BCUT2D eigenvalue weighted by Gasteiger charge is 2.36. The van der Waals surface area contributed by atoms with Crippen LogP contribution in [0.1, 0.15) is 45.3 Å². The van der Waals surface area contributed by atoms with E-state index in [4.69, 9.17) is 4.42 Å². The lowest BCUT2D eigenvalue weighted by molar-refractivity contribution is 0.0132. The molecule has 4 heterocycles. The van der Waals surface area contributed by atoms with Crippen molar-refractivity contribution in [3.05, 3.63) is 24.2 Å². The Kier molecular flexibility index (Phi) is 6.43. The number of aromatic nitrogens is 3. The van der Waals surface area contributed by atoms with E-state index in [2.05, 4.69) is 46.0 Å². The van der Waals surface area contributed by atoms with Crippen LogP contribution >= 0.6 is 11.8 Å². The first-order valence-electron chi connectivity index (χ1n) is 10.7. The van der Waals surface area contributed by atoms with Crippen molar-refractivity contribution in [1.29, 1.82) is 0 Å². The average molecular weight is 404 g/mol. The smallest absolute Gasteiger partial charge is 0.198 e. The van der Waals surface area contributed by atoms with E-state index in [9.17, 15) is 0 Å². The van der Waals surface area contributed by atoms with Crippen molar-refractivity contribution >= 4 is 11.8 Å². The van der Waals surface area contributed by atoms with Crippen molar-refractivity contribution in [2.75, 3.05) is 26.2 Å². The third kappa shape index (κ3) is 4.81. The molecule has 2 aromatic rings. The molecular weight excluding hydrogens is 370 g/mol. The number of fused-ring (bicyclic) bond motifs is 1. The summed E-state index contributed by atoms with van der Waals surface area (Å²) in [5.41, 5.74) is 0. The lowest BCUT2D eigenvalue weighted by Crippen LogP contribution is -2.53. The van der Waals surface area contributed by atoms with E-state index in [0.717, 1.165) is 34.4 Å². The van der Waals surface area contributed by atoms with Gasteiger partial charge in [-0.1, -0.05) is 13.8 Å². The molecule has 2 aliphatic rings. The molecule has 2 fully saturated rings. The summed E-state index contributed by atoms with van der Waals surface area (Å²) in [5.74, 6) is 2.68. The molecule has 0 aliphatic carbocycles. The molecule has 2 aromatic heterocycles. The zero-order valence-electron chi connectivity index (χ0n) is 17.4. The van der Waals surface area contributed by atoms with Crippen molar-refractivity contribution in [1.82, 2.24) is 24.6 Å². The Labute approximate surface area is 172 Å². The Morgan fingerprint density at radius 3 is 2.93 bits per heavy atom. The fraction of sp³-hybridized carbons (Fsp3) is 0.714. The maximum Gasteiger partial charge on any atom is 0.198 e. The number of piperidine rings is 2. The summed E-state index contributed by atoms with van der Waals surface area (Å²) in [5, 5.41) is 9.80. The van der Waals surface area contributed by atoms with Gasteiger partial charge in [0.05, 0.1) is 6.54 Å². The first kappa shape index (κ1) is 20.0. The van der Waals surface area contributed by atoms with Gasteiger partial charge in [0.2, 0.25) is 0 Å². The molecule has 7 heteroatoms. The van der Waals surface area contributed by atoms with Gasteiger partial charge in [0.1, 0.15) is 12.1 Å². The number of aryl methyl sites for hydroxylation is 1. The summed E-state index contributed by atoms with van der Waals surface area (Å²) in [6.07, 6.45) is 7.02. The molecule has 0 amide bonds. The van der Waals surface area contributed by atoms with Gasteiger partial charge in [-0.2, -0.15) is 0 Å².